The monoisotopic (exact) mass is 494 g/mol. The van der Waals surface area contributed by atoms with E-state index in [0.717, 1.165) is 15.3 Å². The molecule has 0 unspecified atom stereocenters. The van der Waals surface area contributed by atoms with Gasteiger partial charge in [-0.1, -0.05) is 12.1 Å². The summed E-state index contributed by atoms with van der Waals surface area (Å²) in [6, 6.07) is 9.01. The average molecular weight is 494 g/mol. The Bertz CT molecular complexity index is 1520. The predicted octanol–water partition coefficient (Wildman–Crippen LogP) is 1.80. The maximum Gasteiger partial charge on any atom is 0.345 e. The Morgan fingerprint density at radius 1 is 1.19 bits per heavy atom. The number of benzene rings is 2. The molecule has 4 rings (SSSR count). The Kier molecular flexibility index (Phi) is 6.43. The molecule has 3 aromatic rings. The van der Waals surface area contributed by atoms with E-state index in [4.69, 9.17) is 9.47 Å². The summed E-state index contributed by atoms with van der Waals surface area (Å²) < 4.78 is 12.2. The maximum atomic E-state index is 13.5. The lowest BCUT2D eigenvalue weighted by Gasteiger charge is -2.26. The number of nitro benzene ring substituents is 1. The van der Waals surface area contributed by atoms with Gasteiger partial charge in [0.15, 0.2) is 5.75 Å². The fourth-order valence-corrected chi connectivity index (χ4v) is 3.97. The lowest BCUT2D eigenvalue weighted by Crippen LogP contribution is -2.42. The Hall–Kier alpha value is -4.74. The fraction of sp³-hybridized carbons (Fsp3) is 0.250. The molecule has 0 aliphatic carbocycles. The normalized spacial score (nSPS) is 12.6. The van der Waals surface area contributed by atoms with Gasteiger partial charge in [-0.25, -0.2) is 14.4 Å². The molecule has 0 bridgehead atoms. The number of hydrogen-bond donors (Lipinski definition) is 0. The van der Waals surface area contributed by atoms with Crippen LogP contribution in [-0.4, -0.2) is 46.2 Å². The molecule has 36 heavy (non-hydrogen) atoms. The first kappa shape index (κ1) is 24.4. The molecule has 0 atom stereocenters. The van der Waals surface area contributed by atoms with Crippen molar-refractivity contribution in [1.82, 2.24) is 9.13 Å². The first-order valence-electron chi connectivity index (χ1n) is 10.9. The molecule has 0 N–H and O–H groups in total. The smallest absolute Gasteiger partial charge is 0.345 e. The van der Waals surface area contributed by atoms with E-state index < -0.39 is 33.7 Å². The van der Waals surface area contributed by atoms with E-state index in [2.05, 4.69) is 0 Å². The fourth-order valence-electron chi connectivity index (χ4n) is 3.97. The van der Waals surface area contributed by atoms with Crippen molar-refractivity contribution < 1.29 is 24.0 Å². The number of ether oxygens (including phenoxy) is 2. The van der Waals surface area contributed by atoms with Gasteiger partial charge in [-0.2, -0.15) is 0 Å². The van der Waals surface area contributed by atoms with E-state index >= 15 is 0 Å². The number of likely N-dealkylation sites (N-methyl/N-ethyl adjacent to an activating group) is 1. The molecule has 0 saturated heterocycles. The molecule has 0 radical (unpaired) electrons. The topological polar surface area (TPSA) is 143 Å². The van der Waals surface area contributed by atoms with E-state index in [1.165, 1.54) is 25.1 Å². The number of esters is 2. The summed E-state index contributed by atoms with van der Waals surface area (Å²) in [5.41, 5.74) is -0.759. The number of anilines is 1. The van der Waals surface area contributed by atoms with Crippen LogP contribution in [0.3, 0.4) is 0 Å². The van der Waals surface area contributed by atoms with Crippen molar-refractivity contribution in [1.29, 1.82) is 0 Å². The minimum absolute atomic E-state index is 0.00250. The van der Waals surface area contributed by atoms with Crippen LogP contribution < -0.4 is 20.9 Å². The quantitative estimate of drug-likeness (QED) is 0.217. The zero-order chi connectivity index (χ0) is 26.1. The van der Waals surface area contributed by atoms with Crippen LogP contribution in [0.5, 0.6) is 5.75 Å². The molecular formula is C24H22N4O8. The highest BCUT2D eigenvalue weighted by atomic mass is 16.6. The molecule has 0 amide bonds. The molecule has 1 aliphatic rings. The second-order valence-electron chi connectivity index (χ2n) is 8.11. The van der Waals surface area contributed by atoms with E-state index in [0.29, 0.717) is 11.3 Å². The Morgan fingerprint density at radius 2 is 1.94 bits per heavy atom. The lowest BCUT2D eigenvalue weighted by atomic mass is 10.1. The molecule has 0 fully saturated rings. The number of carbonyl (C=O) groups excluding carboxylic acids is 2. The van der Waals surface area contributed by atoms with Crippen LogP contribution in [0.2, 0.25) is 0 Å². The number of nitro groups is 1. The van der Waals surface area contributed by atoms with Gasteiger partial charge < -0.3 is 14.4 Å². The standard InChI is InChI=1S/C24H22N4O8/c1-4-35-23(31)17-12-26(16-8-9-19-20(10-16)36-21(29)13-25(19)3)24(32)27(22(17)30)11-15-6-5-7-18(14(15)2)28(33)34/h5-10,12H,4,11,13H2,1-3H3. The molecule has 2 heterocycles. The van der Waals surface area contributed by atoms with Gasteiger partial charge in [0, 0.05) is 30.9 Å². The summed E-state index contributed by atoms with van der Waals surface area (Å²) in [4.78, 5) is 63.6. The van der Waals surface area contributed by atoms with Crippen molar-refractivity contribution in [2.24, 2.45) is 0 Å². The van der Waals surface area contributed by atoms with Crippen LogP contribution >= 0.6 is 0 Å². The van der Waals surface area contributed by atoms with Crippen molar-refractivity contribution in [3.63, 3.8) is 0 Å². The predicted molar refractivity (Wildman–Crippen MR) is 128 cm³/mol. The summed E-state index contributed by atoms with van der Waals surface area (Å²) in [6.07, 6.45) is 1.08. The van der Waals surface area contributed by atoms with Gasteiger partial charge in [-0.3, -0.25) is 24.0 Å². The van der Waals surface area contributed by atoms with E-state index in [1.807, 2.05) is 0 Å². The highest BCUT2D eigenvalue weighted by Crippen LogP contribution is 2.32. The molecular weight excluding hydrogens is 472 g/mol. The number of hydrogen-bond acceptors (Lipinski definition) is 9. The summed E-state index contributed by atoms with van der Waals surface area (Å²) in [7, 11) is 1.71. The molecule has 1 aromatic heterocycles. The van der Waals surface area contributed by atoms with Crippen molar-refractivity contribution in [3.05, 3.63) is 90.2 Å². The first-order valence-corrected chi connectivity index (χ1v) is 10.9. The Balaban J connectivity index is 1.91. The summed E-state index contributed by atoms with van der Waals surface area (Å²) in [5, 5.41) is 11.3. The second kappa shape index (κ2) is 9.49. The molecule has 0 spiro atoms. The van der Waals surface area contributed by atoms with Gasteiger partial charge >= 0.3 is 17.6 Å². The Morgan fingerprint density at radius 3 is 2.64 bits per heavy atom. The number of fused-ring (bicyclic) bond motifs is 1. The maximum absolute atomic E-state index is 13.5. The minimum atomic E-state index is -0.926. The molecule has 1 aliphatic heterocycles. The van der Waals surface area contributed by atoms with Gasteiger partial charge in [0.05, 0.1) is 29.4 Å². The summed E-state index contributed by atoms with van der Waals surface area (Å²) in [6.45, 7) is 2.84. The molecule has 2 aromatic carbocycles. The highest BCUT2D eigenvalue weighted by Gasteiger charge is 2.24. The highest BCUT2D eigenvalue weighted by molar-refractivity contribution is 5.89. The minimum Gasteiger partial charge on any atom is -0.462 e. The van der Waals surface area contributed by atoms with Crippen molar-refractivity contribution >= 4 is 23.3 Å². The SMILES string of the molecule is CCOC(=O)c1cn(-c2ccc3c(c2)OC(=O)CN3C)c(=O)n(Cc2cccc([N+](=O)[O-])c2C)c1=O. The molecule has 12 heteroatoms. The second-order valence-corrected chi connectivity index (χ2v) is 8.11. The van der Waals surface area contributed by atoms with Crippen molar-refractivity contribution in [3.8, 4) is 11.4 Å². The summed E-state index contributed by atoms with van der Waals surface area (Å²) in [5.74, 6) is -1.19. The van der Waals surface area contributed by atoms with Crippen LogP contribution in [0, 0.1) is 17.0 Å². The zero-order valence-electron chi connectivity index (χ0n) is 19.7. The number of aromatic nitrogens is 2. The zero-order valence-corrected chi connectivity index (χ0v) is 19.7. The van der Waals surface area contributed by atoms with Crippen LogP contribution in [0.4, 0.5) is 11.4 Å². The number of nitrogens with zero attached hydrogens (tertiary/aromatic N) is 4. The van der Waals surface area contributed by atoms with Crippen LogP contribution in [0.1, 0.15) is 28.4 Å². The molecule has 12 nitrogen and oxygen atoms in total. The third kappa shape index (κ3) is 4.35. The van der Waals surface area contributed by atoms with Gasteiger partial charge in [0.2, 0.25) is 0 Å². The van der Waals surface area contributed by atoms with Crippen LogP contribution in [-0.2, 0) is 16.1 Å². The third-order valence-electron chi connectivity index (χ3n) is 5.83. The molecule has 0 saturated carbocycles. The van der Waals surface area contributed by atoms with Gasteiger partial charge in [-0.05, 0) is 31.5 Å². The van der Waals surface area contributed by atoms with Crippen LogP contribution in [0.15, 0.2) is 52.2 Å². The first-order chi connectivity index (χ1) is 17.1. The van der Waals surface area contributed by atoms with Crippen molar-refractivity contribution in [2.75, 3.05) is 25.1 Å². The van der Waals surface area contributed by atoms with E-state index in [-0.39, 0.29) is 42.4 Å². The molecule has 186 valence electrons. The van der Waals surface area contributed by atoms with Crippen LogP contribution in [0.25, 0.3) is 5.69 Å². The van der Waals surface area contributed by atoms with E-state index in [9.17, 15) is 29.3 Å². The Labute approximate surface area is 204 Å². The average Bonchev–Trinajstić information content (AvgIpc) is 2.82. The largest absolute Gasteiger partial charge is 0.462 e. The van der Waals surface area contributed by atoms with Gasteiger partial charge in [0.25, 0.3) is 11.2 Å². The lowest BCUT2D eigenvalue weighted by molar-refractivity contribution is -0.385. The van der Waals surface area contributed by atoms with Gasteiger partial charge in [-0.15, -0.1) is 0 Å². The number of rotatable bonds is 6. The summed E-state index contributed by atoms with van der Waals surface area (Å²) >= 11 is 0. The van der Waals surface area contributed by atoms with Gasteiger partial charge in [0.1, 0.15) is 12.1 Å². The van der Waals surface area contributed by atoms with Crippen molar-refractivity contribution in [2.45, 2.75) is 20.4 Å². The van der Waals surface area contributed by atoms with E-state index in [1.54, 1.807) is 37.1 Å². The number of carbonyl (C=O) groups is 2. The third-order valence-corrected chi connectivity index (χ3v) is 5.83.